The molecule has 0 aliphatic rings. The van der Waals surface area contributed by atoms with Gasteiger partial charge in [-0.3, -0.25) is 0 Å². The molecular formula is C14H22ClN. The number of hydrogen-bond donors (Lipinski definition) is 1. The van der Waals surface area contributed by atoms with E-state index in [4.69, 9.17) is 11.6 Å². The van der Waals surface area contributed by atoms with Crippen LogP contribution in [0.1, 0.15) is 40.2 Å². The molecule has 0 heterocycles. The van der Waals surface area contributed by atoms with Gasteiger partial charge in [0.1, 0.15) is 0 Å². The van der Waals surface area contributed by atoms with Crippen LogP contribution in [0.4, 0.5) is 0 Å². The molecule has 1 aromatic rings. The first-order valence-electron chi connectivity index (χ1n) is 5.72. The van der Waals surface area contributed by atoms with Gasteiger partial charge in [0.25, 0.3) is 0 Å². The maximum atomic E-state index is 6.23. The summed E-state index contributed by atoms with van der Waals surface area (Å²) in [6.07, 6.45) is 0. The summed E-state index contributed by atoms with van der Waals surface area (Å²) < 4.78 is 0. The summed E-state index contributed by atoms with van der Waals surface area (Å²) in [5.74, 6) is 0. The highest BCUT2D eigenvalue weighted by Gasteiger charge is 2.24. The van der Waals surface area contributed by atoms with E-state index in [0.717, 1.165) is 11.6 Å². The van der Waals surface area contributed by atoms with Gasteiger partial charge in [-0.05, 0) is 32.4 Å². The maximum Gasteiger partial charge on any atom is 0.0443 e. The molecule has 0 aliphatic heterocycles. The zero-order valence-electron chi connectivity index (χ0n) is 10.9. The Hall–Kier alpha value is -0.530. The van der Waals surface area contributed by atoms with Crippen LogP contribution in [-0.4, -0.2) is 12.1 Å². The number of rotatable bonds is 3. The molecule has 0 bridgehead atoms. The Labute approximate surface area is 104 Å². The van der Waals surface area contributed by atoms with Crippen molar-refractivity contribution >= 4 is 11.6 Å². The van der Waals surface area contributed by atoms with Gasteiger partial charge in [0, 0.05) is 22.5 Å². The second-order valence-electron chi connectivity index (χ2n) is 5.97. The molecule has 1 aromatic carbocycles. The SMILES string of the molecule is CC(C)(C)NCC(C)(C)c1ccccc1Cl. The first-order chi connectivity index (χ1) is 7.22. The molecule has 0 radical (unpaired) electrons. The van der Waals surface area contributed by atoms with Crippen LogP contribution in [0.3, 0.4) is 0 Å². The molecule has 0 saturated heterocycles. The van der Waals surface area contributed by atoms with Crippen LogP contribution >= 0.6 is 11.6 Å². The van der Waals surface area contributed by atoms with Crippen LogP contribution in [0.25, 0.3) is 0 Å². The summed E-state index contributed by atoms with van der Waals surface area (Å²) in [6.45, 7) is 11.9. The normalized spacial score (nSPS) is 12.9. The Morgan fingerprint density at radius 3 is 2.12 bits per heavy atom. The smallest absolute Gasteiger partial charge is 0.0443 e. The molecule has 0 unspecified atom stereocenters. The molecule has 0 amide bonds. The van der Waals surface area contributed by atoms with E-state index in [1.807, 2.05) is 18.2 Å². The molecule has 0 atom stereocenters. The van der Waals surface area contributed by atoms with Crippen molar-refractivity contribution < 1.29 is 0 Å². The van der Waals surface area contributed by atoms with E-state index in [1.165, 1.54) is 5.56 Å². The fraction of sp³-hybridized carbons (Fsp3) is 0.571. The van der Waals surface area contributed by atoms with Gasteiger partial charge in [-0.25, -0.2) is 0 Å². The average Bonchev–Trinajstić information content (AvgIpc) is 2.14. The van der Waals surface area contributed by atoms with Crippen LogP contribution in [-0.2, 0) is 5.41 Å². The Kier molecular flexibility index (Phi) is 4.03. The van der Waals surface area contributed by atoms with Crippen LogP contribution in [0.15, 0.2) is 24.3 Å². The molecule has 1 N–H and O–H groups in total. The van der Waals surface area contributed by atoms with Crippen molar-refractivity contribution in [3.8, 4) is 0 Å². The molecule has 1 nitrogen and oxygen atoms in total. The van der Waals surface area contributed by atoms with E-state index < -0.39 is 0 Å². The maximum absolute atomic E-state index is 6.23. The molecule has 0 saturated carbocycles. The van der Waals surface area contributed by atoms with E-state index >= 15 is 0 Å². The minimum absolute atomic E-state index is 0.0472. The molecule has 2 heteroatoms. The predicted molar refractivity (Wildman–Crippen MR) is 72.2 cm³/mol. The molecule has 0 fully saturated rings. The highest BCUT2D eigenvalue weighted by atomic mass is 35.5. The van der Waals surface area contributed by atoms with Crippen molar-refractivity contribution in [3.05, 3.63) is 34.9 Å². The van der Waals surface area contributed by atoms with Crippen molar-refractivity contribution in [2.75, 3.05) is 6.54 Å². The third-order valence-electron chi connectivity index (χ3n) is 2.66. The van der Waals surface area contributed by atoms with E-state index in [1.54, 1.807) is 0 Å². The summed E-state index contributed by atoms with van der Waals surface area (Å²) >= 11 is 6.23. The highest BCUT2D eigenvalue weighted by molar-refractivity contribution is 6.31. The lowest BCUT2D eigenvalue weighted by atomic mass is 9.84. The Morgan fingerprint density at radius 2 is 1.62 bits per heavy atom. The highest BCUT2D eigenvalue weighted by Crippen LogP contribution is 2.29. The topological polar surface area (TPSA) is 12.0 Å². The molecule has 16 heavy (non-hydrogen) atoms. The standard InChI is InChI=1S/C14H22ClN/c1-13(2,3)16-10-14(4,5)11-8-6-7-9-12(11)15/h6-9,16H,10H2,1-5H3. The number of halogens is 1. The summed E-state index contributed by atoms with van der Waals surface area (Å²) in [5.41, 5.74) is 1.39. The molecule has 0 aliphatic carbocycles. The van der Waals surface area contributed by atoms with Crippen LogP contribution in [0, 0.1) is 0 Å². The van der Waals surface area contributed by atoms with Gasteiger partial charge in [0.15, 0.2) is 0 Å². The van der Waals surface area contributed by atoms with Crippen molar-refractivity contribution in [2.45, 2.75) is 45.6 Å². The van der Waals surface area contributed by atoms with Crippen LogP contribution < -0.4 is 5.32 Å². The molecule has 1 rings (SSSR count). The second-order valence-corrected chi connectivity index (χ2v) is 6.37. The number of benzene rings is 1. The lowest BCUT2D eigenvalue weighted by molar-refractivity contribution is 0.363. The zero-order chi connectivity index (χ0) is 12.4. The summed E-state index contributed by atoms with van der Waals surface area (Å²) in [4.78, 5) is 0. The van der Waals surface area contributed by atoms with Crippen molar-refractivity contribution in [1.29, 1.82) is 0 Å². The molecule has 0 spiro atoms. The van der Waals surface area contributed by atoms with E-state index in [-0.39, 0.29) is 11.0 Å². The van der Waals surface area contributed by atoms with Crippen LogP contribution in [0.5, 0.6) is 0 Å². The van der Waals surface area contributed by atoms with E-state index in [0.29, 0.717) is 0 Å². The average molecular weight is 240 g/mol. The summed E-state index contributed by atoms with van der Waals surface area (Å²) in [6, 6.07) is 8.07. The second kappa shape index (κ2) is 4.77. The monoisotopic (exact) mass is 239 g/mol. The number of hydrogen-bond acceptors (Lipinski definition) is 1. The minimum atomic E-state index is 0.0472. The molecular weight excluding hydrogens is 218 g/mol. The minimum Gasteiger partial charge on any atom is -0.311 e. The van der Waals surface area contributed by atoms with Gasteiger partial charge < -0.3 is 5.32 Å². The third kappa shape index (κ3) is 3.80. The molecule has 0 aromatic heterocycles. The first kappa shape index (κ1) is 13.5. The van der Waals surface area contributed by atoms with Gasteiger partial charge in [-0.1, -0.05) is 43.6 Å². The quantitative estimate of drug-likeness (QED) is 0.841. The Balaban J connectivity index is 2.82. The van der Waals surface area contributed by atoms with Crippen molar-refractivity contribution in [2.24, 2.45) is 0 Å². The fourth-order valence-corrected chi connectivity index (χ4v) is 1.98. The Bertz CT molecular complexity index is 350. The predicted octanol–water partition coefficient (Wildman–Crippen LogP) is 4.01. The van der Waals surface area contributed by atoms with Gasteiger partial charge >= 0.3 is 0 Å². The van der Waals surface area contributed by atoms with Crippen LogP contribution in [0.2, 0.25) is 5.02 Å². The molecule has 90 valence electrons. The fourth-order valence-electron chi connectivity index (χ4n) is 1.59. The van der Waals surface area contributed by atoms with E-state index in [9.17, 15) is 0 Å². The Morgan fingerprint density at radius 1 is 1.06 bits per heavy atom. The van der Waals surface area contributed by atoms with E-state index in [2.05, 4.69) is 46.0 Å². The van der Waals surface area contributed by atoms with Gasteiger partial charge in [0.2, 0.25) is 0 Å². The lowest BCUT2D eigenvalue weighted by Gasteiger charge is -2.31. The van der Waals surface area contributed by atoms with Gasteiger partial charge in [0.05, 0.1) is 0 Å². The van der Waals surface area contributed by atoms with Crippen molar-refractivity contribution in [3.63, 3.8) is 0 Å². The largest absolute Gasteiger partial charge is 0.311 e. The van der Waals surface area contributed by atoms with Crippen molar-refractivity contribution in [1.82, 2.24) is 5.32 Å². The summed E-state index contributed by atoms with van der Waals surface area (Å²) in [7, 11) is 0. The zero-order valence-corrected chi connectivity index (χ0v) is 11.7. The first-order valence-corrected chi connectivity index (χ1v) is 6.10. The summed E-state index contributed by atoms with van der Waals surface area (Å²) in [5, 5.41) is 4.38. The third-order valence-corrected chi connectivity index (χ3v) is 2.99. The lowest BCUT2D eigenvalue weighted by Crippen LogP contribution is -2.43. The van der Waals surface area contributed by atoms with Gasteiger partial charge in [-0.15, -0.1) is 0 Å². The van der Waals surface area contributed by atoms with Gasteiger partial charge in [-0.2, -0.15) is 0 Å². The number of nitrogens with one attached hydrogen (secondary N) is 1.